The van der Waals surface area contributed by atoms with Crippen LogP contribution in [0.3, 0.4) is 0 Å². The van der Waals surface area contributed by atoms with Gasteiger partial charge in [-0.3, -0.25) is 4.79 Å². The Hall–Kier alpha value is -1.14. The van der Waals surface area contributed by atoms with Crippen LogP contribution in [0.5, 0.6) is 0 Å². The number of hydrogen-bond donors (Lipinski definition) is 1. The van der Waals surface area contributed by atoms with Crippen LogP contribution in [0.25, 0.3) is 0 Å². The van der Waals surface area contributed by atoms with Gasteiger partial charge in [-0.2, -0.15) is 0 Å². The van der Waals surface area contributed by atoms with Crippen LogP contribution in [0.2, 0.25) is 0 Å². The molecule has 1 fully saturated rings. The molecule has 0 radical (unpaired) electrons. The summed E-state index contributed by atoms with van der Waals surface area (Å²) in [6, 6.07) is 0. The van der Waals surface area contributed by atoms with Gasteiger partial charge in [0.25, 0.3) is 0 Å². The van der Waals surface area contributed by atoms with Crippen molar-refractivity contribution in [2.45, 2.75) is 32.1 Å². The summed E-state index contributed by atoms with van der Waals surface area (Å²) < 4.78 is 0. The zero-order chi connectivity index (χ0) is 14.8. The quantitative estimate of drug-likeness (QED) is 0.871. The Morgan fingerprint density at radius 3 is 2.75 bits per heavy atom. The molecule has 2 rings (SSSR count). The first-order valence-corrected chi connectivity index (χ1v) is 7.92. The monoisotopic (exact) mass is 297 g/mol. The minimum Gasteiger partial charge on any atom is -0.481 e. The summed E-state index contributed by atoms with van der Waals surface area (Å²) in [5.74, 6) is -0.839. The van der Waals surface area contributed by atoms with Crippen LogP contribution in [0.4, 0.5) is 5.13 Å². The number of likely N-dealkylation sites (tertiary alicyclic amines) is 1. The fourth-order valence-electron chi connectivity index (χ4n) is 2.23. The molecule has 0 bridgehead atoms. The van der Waals surface area contributed by atoms with E-state index in [0.717, 1.165) is 18.2 Å². The second-order valence-corrected chi connectivity index (χ2v) is 6.75. The van der Waals surface area contributed by atoms with Gasteiger partial charge < -0.3 is 14.9 Å². The van der Waals surface area contributed by atoms with Crippen molar-refractivity contribution in [3.8, 4) is 0 Å². The number of anilines is 1. The van der Waals surface area contributed by atoms with Crippen LogP contribution < -0.4 is 4.90 Å². The van der Waals surface area contributed by atoms with E-state index in [9.17, 15) is 9.90 Å². The van der Waals surface area contributed by atoms with E-state index >= 15 is 0 Å². The van der Waals surface area contributed by atoms with E-state index in [4.69, 9.17) is 0 Å². The van der Waals surface area contributed by atoms with Crippen molar-refractivity contribution in [2.24, 2.45) is 0 Å². The van der Waals surface area contributed by atoms with E-state index in [1.165, 1.54) is 37.3 Å². The molecule has 2 heterocycles. The molecule has 1 N–H and O–H groups in total. The van der Waals surface area contributed by atoms with Gasteiger partial charge in [0.15, 0.2) is 5.13 Å². The summed E-state index contributed by atoms with van der Waals surface area (Å²) >= 11 is 1.52. The van der Waals surface area contributed by atoms with Gasteiger partial charge in [-0.25, -0.2) is 4.98 Å². The molecule has 5 nitrogen and oxygen atoms in total. The minimum absolute atomic E-state index is 0.637. The Bertz CT molecular complexity index is 467. The summed E-state index contributed by atoms with van der Waals surface area (Å²) in [5, 5.41) is 12.0. The smallest absolute Gasteiger partial charge is 0.315 e. The number of carbonyl (C=O) groups is 1. The molecular weight excluding hydrogens is 274 g/mol. The highest BCUT2D eigenvalue weighted by atomic mass is 32.1. The highest BCUT2D eigenvalue weighted by molar-refractivity contribution is 7.13. The molecule has 1 saturated heterocycles. The van der Waals surface area contributed by atoms with Gasteiger partial charge in [-0.1, -0.05) is 0 Å². The normalized spacial score (nSPS) is 16.6. The zero-order valence-electron chi connectivity index (χ0n) is 12.4. The van der Waals surface area contributed by atoms with Crippen LogP contribution in [-0.4, -0.2) is 54.2 Å². The van der Waals surface area contributed by atoms with Gasteiger partial charge in [0.1, 0.15) is 5.41 Å². The number of thiazole rings is 1. The van der Waals surface area contributed by atoms with E-state index in [2.05, 4.69) is 14.8 Å². The largest absolute Gasteiger partial charge is 0.481 e. The van der Waals surface area contributed by atoms with Crippen LogP contribution in [0, 0.1) is 0 Å². The number of nitrogens with zero attached hydrogens (tertiary/aromatic N) is 3. The lowest BCUT2D eigenvalue weighted by molar-refractivity contribution is -0.142. The van der Waals surface area contributed by atoms with Crippen molar-refractivity contribution in [1.29, 1.82) is 0 Å². The molecule has 0 unspecified atom stereocenters. The van der Waals surface area contributed by atoms with Crippen molar-refractivity contribution < 1.29 is 9.90 Å². The predicted octanol–water partition coefficient (Wildman–Crippen LogP) is 2.04. The third-order valence-electron chi connectivity index (χ3n) is 3.94. The average molecular weight is 297 g/mol. The highest BCUT2D eigenvalue weighted by Crippen LogP contribution is 2.28. The Morgan fingerprint density at radius 2 is 2.15 bits per heavy atom. The number of rotatable bonds is 6. The summed E-state index contributed by atoms with van der Waals surface area (Å²) in [4.78, 5) is 20.3. The molecule has 0 atom stereocenters. The summed E-state index contributed by atoms with van der Waals surface area (Å²) in [5.41, 5.74) is -0.289. The Labute approximate surface area is 124 Å². The summed E-state index contributed by atoms with van der Waals surface area (Å²) in [7, 11) is 2.02. The molecule has 0 saturated carbocycles. The molecule has 6 heteroatoms. The van der Waals surface area contributed by atoms with Crippen molar-refractivity contribution in [3.05, 3.63) is 11.1 Å². The van der Waals surface area contributed by atoms with E-state index in [0.29, 0.717) is 5.69 Å². The third-order valence-corrected chi connectivity index (χ3v) is 4.90. The number of carboxylic acid groups (broad SMARTS) is 1. The first kappa shape index (κ1) is 15.3. The van der Waals surface area contributed by atoms with Crippen molar-refractivity contribution in [1.82, 2.24) is 9.88 Å². The number of likely N-dealkylation sites (N-methyl/N-ethyl adjacent to an activating group) is 1. The van der Waals surface area contributed by atoms with Gasteiger partial charge in [-0.05, 0) is 39.8 Å². The molecule has 0 aliphatic carbocycles. The average Bonchev–Trinajstić information content (AvgIpc) is 3.07. The molecule has 0 spiro atoms. The van der Waals surface area contributed by atoms with Crippen molar-refractivity contribution in [2.75, 3.05) is 38.1 Å². The van der Waals surface area contributed by atoms with Gasteiger partial charge in [-0.15, -0.1) is 11.3 Å². The van der Waals surface area contributed by atoms with Crippen LogP contribution in [0.1, 0.15) is 32.4 Å². The van der Waals surface area contributed by atoms with E-state index in [-0.39, 0.29) is 0 Å². The maximum absolute atomic E-state index is 11.2. The van der Waals surface area contributed by atoms with Crippen molar-refractivity contribution in [3.63, 3.8) is 0 Å². The van der Waals surface area contributed by atoms with Crippen LogP contribution in [-0.2, 0) is 10.2 Å². The minimum atomic E-state index is -0.926. The van der Waals surface area contributed by atoms with Crippen LogP contribution >= 0.6 is 11.3 Å². The van der Waals surface area contributed by atoms with Gasteiger partial charge >= 0.3 is 5.97 Å². The molecule has 1 aliphatic heterocycles. The summed E-state index contributed by atoms with van der Waals surface area (Å²) in [6.45, 7) is 7.76. The zero-order valence-corrected chi connectivity index (χ0v) is 13.2. The van der Waals surface area contributed by atoms with Gasteiger partial charge in [0.2, 0.25) is 0 Å². The number of aliphatic carboxylic acids is 1. The molecule has 0 aromatic carbocycles. The molecular formula is C14H23N3O2S. The lowest BCUT2D eigenvalue weighted by atomic mass is 9.90. The lowest BCUT2D eigenvalue weighted by Crippen LogP contribution is -2.32. The first-order valence-electron chi connectivity index (χ1n) is 7.04. The number of hydrogen-bond acceptors (Lipinski definition) is 5. The maximum atomic E-state index is 11.2. The topological polar surface area (TPSA) is 56.7 Å². The predicted molar refractivity (Wildman–Crippen MR) is 81.7 cm³/mol. The Balaban J connectivity index is 1.95. The van der Waals surface area contributed by atoms with E-state index in [1.807, 2.05) is 12.4 Å². The molecule has 112 valence electrons. The molecule has 1 aliphatic rings. The van der Waals surface area contributed by atoms with Gasteiger partial charge in [0, 0.05) is 25.5 Å². The Kier molecular flexibility index (Phi) is 4.65. The molecule has 0 amide bonds. The molecule has 20 heavy (non-hydrogen) atoms. The second-order valence-electron chi connectivity index (χ2n) is 5.92. The third kappa shape index (κ3) is 3.30. The number of aromatic nitrogens is 1. The molecule has 1 aromatic rings. The standard InChI is InChI=1S/C14H23N3O2S/c1-14(2,12(18)19)11-10-20-13(15-11)16(3)8-9-17-6-4-5-7-17/h10H,4-9H2,1-3H3,(H,18,19). The Morgan fingerprint density at radius 1 is 1.50 bits per heavy atom. The molecule has 1 aromatic heterocycles. The lowest BCUT2D eigenvalue weighted by Gasteiger charge is -2.21. The van der Waals surface area contributed by atoms with Crippen LogP contribution in [0.15, 0.2) is 5.38 Å². The van der Waals surface area contributed by atoms with Crippen molar-refractivity contribution >= 4 is 22.4 Å². The first-order chi connectivity index (χ1) is 9.41. The van der Waals surface area contributed by atoms with E-state index < -0.39 is 11.4 Å². The number of carboxylic acids is 1. The van der Waals surface area contributed by atoms with Gasteiger partial charge in [0.05, 0.1) is 5.69 Å². The summed E-state index contributed by atoms with van der Waals surface area (Å²) in [6.07, 6.45) is 2.61. The SMILES string of the molecule is CN(CCN1CCCC1)c1nc(C(C)(C)C(=O)O)cs1. The second kappa shape index (κ2) is 6.10. The maximum Gasteiger partial charge on any atom is 0.315 e. The van der Waals surface area contributed by atoms with E-state index in [1.54, 1.807) is 13.8 Å². The fraction of sp³-hybridized carbons (Fsp3) is 0.714. The fourth-order valence-corrected chi connectivity index (χ4v) is 3.22. The highest BCUT2D eigenvalue weighted by Gasteiger charge is 2.32.